The van der Waals surface area contributed by atoms with Gasteiger partial charge in [-0.3, -0.25) is 9.59 Å². The minimum Gasteiger partial charge on any atom is -0.507 e. The van der Waals surface area contributed by atoms with Crippen molar-refractivity contribution in [3.05, 3.63) is 153 Å². The number of phenols is 4. The van der Waals surface area contributed by atoms with E-state index in [2.05, 4.69) is 4.98 Å². The van der Waals surface area contributed by atoms with Gasteiger partial charge in [-0.25, -0.2) is 0 Å². The molecule has 5 aromatic carbocycles. The standard InChI is InChI=1S/C38H31NO6/c1-21-17-27(35(42)23-11-5-3-6-12-23)37(44)29(33(21)40)19-26-25-15-9-10-16-31(25)39-32(26)20-30-34(41)22(2)18-28(38(30)45)36(43)24-13-7-4-8-14-24/h3-18,39-41,44-45H,19-20H2,1-2H3. The number of benzene rings is 5. The van der Waals surface area contributed by atoms with Crippen molar-refractivity contribution >= 4 is 22.5 Å². The fraction of sp³-hybridized carbons (Fsp3) is 0.105. The topological polar surface area (TPSA) is 131 Å². The highest BCUT2D eigenvalue weighted by molar-refractivity contribution is 6.12. The minimum atomic E-state index is -0.375. The maximum absolute atomic E-state index is 13.4. The van der Waals surface area contributed by atoms with Crippen molar-refractivity contribution in [2.45, 2.75) is 26.7 Å². The van der Waals surface area contributed by atoms with Gasteiger partial charge < -0.3 is 25.4 Å². The van der Waals surface area contributed by atoms with Gasteiger partial charge in [-0.05, 0) is 48.7 Å². The van der Waals surface area contributed by atoms with Crippen LogP contribution in [0.1, 0.15) is 65.4 Å². The quantitative estimate of drug-likeness (QED) is 0.118. The number of H-pyrrole nitrogens is 1. The van der Waals surface area contributed by atoms with E-state index < -0.39 is 0 Å². The average molecular weight is 598 g/mol. The number of nitrogens with one attached hydrogen (secondary N) is 1. The van der Waals surface area contributed by atoms with E-state index in [4.69, 9.17) is 0 Å². The number of hydrogen-bond acceptors (Lipinski definition) is 6. The van der Waals surface area contributed by atoms with Crippen molar-refractivity contribution in [1.82, 2.24) is 4.98 Å². The lowest BCUT2D eigenvalue weighted by Crippen LogP contribution is -2.06. The van der Waals surface area contributed by atoms with Crippen LogP contribution in [0.25, 0.3) is 10.9 Å². The van der Waals surface area contributed by atoms with Crippen LogP contribution in [0.4, 0.5) is 0 Å². The van der Waals surface area contributed by atoms with Crippen molar-refractivity contribution in [3.63, 3.8) is 0 Å². The van der Waals surface area contributed by atoms with Gasteiger partial charge in [0.15, 0.2) is 11.6 Å². The van der Waals surface area contributed by atoms with E-state index in [1.165, 1.54) is 12.1 Å². The fourth-order valence-corrected chi connectivity index (χ4v) is 5.87. The van der Waals surface area contributed by atoms with Gasteiger partial charge in [0.1, 0.15) is 23.0 Å². The third-order valence-electron chi connectivity index (χ3n) is 8.29. The number of hydrogen-bond donors (Lipinski definition) is 5. The average Bonchev–Trinajstić information content (AvgIpc) is 3.41. The number of phenolic OH excluding ortho intramolecular Hbond substituents is 4. The van der Waals surface area contributed by atoms with Crippen LogP contribution in [-0.2, 0) is 12.8 Å². The van der Waals surface area contributed by atoms with Crippen LogP contribution in [0.2, 0.25) is 0 Å². The summed E-state index contributed by atoms with van der Waals surface area (Å²) in [6.45, 7) is 3.34. The number of carbonyl (C=O) groups is 2. The Hall–Kier alpha value is -5.82. The Morgan fingerprint density at radius 1 is 0.556 bits per heavy atom. The fourth-order valence-electron chi connectivity index (χ4n) is 5.87. The molecule has 0 radical (unpaired) electrons. The lowest BCUT2D eigenvalue weighted by atomic mass is 9.90. The van der Waals surface area contributed by atoms with Gasteiger partial charge >= 0.3 is 0 Å². The van der Waals surface area contributed by atoms with E-state index in [0.29, 0.717) is 33.5 Å². The highest BCUT2D eigenvalue weighted by Crippen LogP contribution is 2.41. The molecule has 0 amide bonds. The van der Waals surface area contributed by atoms with Crippen molar-refractivity contribution in [3.8, 4) is 23.0 Å². The third-order valence-corrected chi connectivity index (χ3v) is 8.29. The Labute approximate surface area is 259 Å². The second-order valence-electron chi connectivity index (χ2n) is 11.2. The van der Waals surface area contributed by atoms with E-state index in [-0.39, 0.29) is 69.7 Å². The predicted octanol–water partition coefficient (Wildman–Crippen LogP) is 7.25. The van der Waals surface area contributed by atoms with Gasteiger partial charge in [-0.15, -0.1) is 0 Å². The molecule has 7 nitrogen and oxygen atoms in total. The number of carbonyl (C=O) groups excluding carboxylic acids is 2. The van der Waals surface area contributed by atoms with Gasteiger partial charge in [0.25, 0.3) is 0 Å². The summed E-state index contributed by atoms with van der Waals surface area (Å²) in [5.41, 5.74) is 4.22. The molecule has 1 heterocycles. The molecule has 1 aromatic heterocycles. The Kier molecular flexibility index (Phi) is 7.60. The van der Waals surface area contributed by atoms with Gasteiger partial charge in [0.05, 0.1) is 11.1 Å². The smallest absolute Gasteiger partial charge is 0.196 e. The van der Waals surface area contributed by atoms with Crippen molar-refractivity contribution in [2.75, 3.05) is 0 Å². The first-order chi connectivity index (χ1) is 21.7. The largest absolute Gasteiger partial charge is 0.507 e. The molecule has 0 atom stereocenters. The molecule has 45 heavy (non-hydrogen) atoms. The molecule has 0 unspecified atom stereocenters. The molecule has 0 saturated heterocycles. The first kappa shape index (κ1) is 29.3. The molecular formula is C38H31NO6. The highest BCUT2D eigenvalue weighted by Gasteiger charge is 2.26. The molecule has 224 valence electrons. The lowest BCUT2D eigenvalue weighted by molar-refractivity contribution is 0.102. The Balaban J connectivity index is 1.47. The molecule has 0 spiro atoms. The lowest BCUT2D eigenvalue weighted by Gasteiger charge is -2.16. The van der Waals surface area contributed by atoms with Crippen LogP contribution in [0.15, 0.2) is 97.1 Å². The van der Waals surface area contributed by atoms with E-state index in [1.54, 1.807) is 74.5 Å². The SMILES string of the molecule is Cc1cc(C(=O)c2ccccc2)c(O)c(Cc2[nH]c3ccccc3c2Cc2c(O)c(C)cc(C(=O)c3ccccc3)c2O)c1O. The molecule has 0 aliphatic heterocycles. The first-order valence-electron chi connectivity index (χ1n) is 14.5. The van der Waals surface area contributed by atoms with Crippen molar-refractivity contribution in [2.24, 2.45) is 0 Å². The monoisotopic (exact) mass is 597 g/mol. The second-order valence-corrected chi connectivity index (χ2v) is 11.2. The summed E-state index contributed by atoms with van der Waals surface area (Å²) in [4.78, 5) is 30.1. The summed E-state index contributed by atoms with van der Waals surface area (Å²) in [6.07, 6.45) is 0.0540. The zero-order chi connectivity index (χ0) is 31.8. The van der Waals surface area contributed by atoms with Crippen LogP contribution in [0.5, 0.6) is 23.0 Å². The van der Waals surface area contributed by atoms with E-state index in [0.717, 1.165) is 10.9 Å². The van der Waals surface area contributed by atoms with E-state index in [1.807, 2.05) is 24.3 Å². The number of aromatic hydroxyl groups is 4. The molecule has 0 saturated carbocycles. The van der Waals surface area contributed by atoms with Gasteiger partial charge in [-0.2, -0.15) is 0 Å². The predicted molar refractivity (Wildman–Crippen MR) is 173 cm³/mol. The maximum atomic E-state index is 13.4. The number of aromatic amines is 1. The summed E-state index contributed by atoms with van der Waals surface area (Å²) in [7, 11) is 0. The van der Waals surface area contributed by atoms with Crippen LogP contribution in [0.3, 0.4) is 0 Å². The second kappa shape index (κ2) is 11.7. The highest BCUT2D eigenvalue weighted by atomic mass is 16.3. The van der Waals surface area contributed by atoms with Crippen LogP contribution in [0, 0.1) is 13.8 Å². The van der Waals surface area contributed by atoms with Gasteiger partial charge in [0.2, 0.25) is 0 Å². The number of aromatic nitrogens is 1. The summed E-state index contributed by atoms with van der Waals surface area (Å²) in [5.74, 6) is -1.67. The molecule has 6 rings (SSSR count). The molecule has 0 fully saturated rings. The molecule has 0 aliphatic carbocycles. The molecule has 5 N–H and O–H groups in total. The molecule has 0 bridgehead atoms. The summed E-state index contributed by atoms with van der Waals surface area (Å²) in [5, 5.41) is 45.8. The number of fused-ring (bicyclic) bond motifs is 1. The van der Waals surface area contributed by atoms with Crippen molar-refractivity contribution in [1.29, 1.82) is 0 Å². The van der Waals surface area contributed by atoms with Crippen LogP contribution in [-0.4, -0.2) is 37.0 Å². The molecular weight excluding hydrogens is 566 g/mol. The van der Waals surface area contributed by atoms with Crippen molar-refractivity contribution < 1.29 is 30.0 Å². The summed E-state index contributed by atoms with van der Waals surface area (Å²) in [6, 6.07) is 27.7. The zero-order valence-corrected chi connectivity index (χ0v) is 24.8. The number of rotatable bonds is 8. The Morgan fingerprint density at radius 2 is 1.00 bits per heavy atom. The van der Waals surface area contributed by atoms with Crippen LogP contribution < -0.4 is 0 Å². The zero-order valence-electron chi connectivity index (χ0n) is 24.8. The Morgan fingerprint density at radius 3 is 1.51 bits per heavy atom. The minimum absolute atomic E-state index is 0.0154. The Bertz CT molecular complexity index is 2100. The summed E-state index contributed by atoms with van der Waals surface area (Å²) < 4.78 is 0. The van der Waals surface area contributed by atoms with E-state index >= 15 is 0 Å². The maximum Gasteiger partial charge on any atom is 0.196 e. The van der Waals surface area contributed by atoms with Crippen LogP contribution >= 0.6 is 0 Å². The normalized spacial score (nSPS) is 11.2. The summed E-state index contributed by atoms with van der Waals surface area (Å²) >= 11 is 0. The van der Waals surface area contributed by atoms with E-state index in [9.17, 15) is 30.0 Å². The number of aryl methyl sites for hydroxylation is 2. The van der Waals surface area contributed by atoms with Gasteiger partial charge in [-0.1, -0.05) is 78.9 Å². The number of para-hydroxylation sites is 1. The molecule has 0 aliphatic rings. The van der Waals surface area contributed by atoms with Gasteiger partial charge in [0, 0.05) is 51.7 Å². The first-order valence-corrected chi connectivity index (χ1v) is 14.5. The number of ketones is 2. The third kappa shape index (κ3) is 5.29. The molecule has 7 heteroatoms. The molecule has 6 aromatic rings.